The predicted octanol–water partition coefficient (Wildman–Crippen LogP) is 8.57. The van der Waals surface area contributed by atoms with Gasteiger partial charge in [0.2, 0.25) is 0 Å². The summed E-state index contributed by atoms with van der Waals surface area (Å²) in [5, 5.41) is 2.32. The Morgan fingerprint density at radius 3 is 2.23 bits per heavy atom. The fraction of sp³-hybridized carbons (Fsp3) is 0.419. The summed E-state index contributed by atoms with van der Waals surface area (Å²) in [6, 6.07) is 16.6. The number of fused-ring (bicyclic) bond motifs is 1. The monoisotopic (exact) mass is 469 g/mol. The van der Waals surface area contributed by atoms with E-state index in [2.05, 4.69) is 68.0 Å². The van der Waals surface area contributed by atoms with Gasteiger partial charge in [-0.15, -0.1) is 0 Å². The topological polar surface area (TPSA) is 50.8 Å². The Morgan fingerprint density at radius 2 is 1.60 bits per heavy atom. The number of H-pyrrole nitrogens is 1. The lowest BCUT2D eigenvalue weighted by molar-refractivity contribution is 0.385. The highest BCUT2D eigenvalue weighted by Gasteiger charge is 2.25. The molecule has 4 heteroatoms. The van der Waals surface area contributed by atoms with E-state index in [1.54, 1.807) is 7.11 Å². The van der Waals surface area contributed by atoms with Crippen molar-refractivity contribution in [2.24, 2.45) is 5.92 Å². The number of hydrogen-bond donors (Lipinski definition) is 1. The Morgan fingerprint density at radius 1 is 0.914 bits per heavy atom. The summed E-state index contributed by atoms with van der Waals surface area (Å²) in [5.74, 6) is 2.91. The molecule has 2 heterocycles. The van der Waals surface area contributed by atoms with Crippen molar-refractivity contribution in [1.82, 2.24) is 15.0 Å². The molecule has 1 fully saturated rings. The van der Waals surface area contributed by atoms with Crippen molar-refractivity contribution >= 4 is 10.8 Å². The highest BCUT2D eigenvalue weighted by molar-refractivity contribution is 5.90. The molecule has 35 heavy (non-hydrogen) atoms. The zero-order valence-electron chi connectivity index (χ0n) is 21.9. The van der Waals surface area contributed by atoms with E-state index in [1.165, 1.54) is 37.5 Å². The number of aromatic nitrogens is 3. The third kappa shape index (κ3) is 5.93. The van der Waals surface area contributed by atoms with Crippen LogP contribution >= 0.6 is 0 Å². The smallest absolute Gasteiger partial charge is 0.119 e. The number of methoxy groups -OCH3 is 1. The largest absolute Gasteiger partial charge is 0.497 e. The third-order valence-electron chi connectivity index (χ3n) is 7.41. The van der Waals surface area contributed by atoms with Gasteiger partial charge in [-0.1, -0.05) is 78.0 Å². The summed E-state index contributed by atoms with van der Waals surface area (Å²) < 4.78 is 5.34. The number of ether oxygens (including phenoxy) is 1. The van der Waals surface area contributed by atoms with E-state index >= 15 is 0 Å². The lowest BCUT2D eigenvalue weighted by atomic mass is 9.89. The molecule has 0 aliphatic heterocycles. The van der Waals surface area contributed by atoms with Crippen LogP contribution in [0.1, 0.15) is 72.0 Å². The van der Waals surface area contributed by atoms with Gasteiger partial charge in [-0.3, -0.25) is 4.98 Å². The first kappa shape index (κ1) is 25.0. The van der Waals surface area contributed by atoms with Gasteiger partial charge in [-0.2, -0.15) is 0 Å². The van der Waals surface area contributed by atoms with E-state index in [0.29, 0.717) is 0 Å². The van der Waals surface area contributed by atoms with Crippen LogP contribution in [0.25, 0.3) is 33.3 Å². The first-order chi connectivity index (χ1) is 16.9. The van der Waals surface area contributed by atoms with Crippen LogP contribution in [-0.4, -0.2) is 22.1 Å². The molecule has 0 bridgehead atoms. The maximum Gasteiger partial charge on any atom is 0.119 e. The van der Waals surface area contributed by atoms with Gasteiger partial charge < -0.3 is 9.72 Å². The molecule has 0 unspecified atom stereocenters. The lowest BCUT2D eigenvalue weighted by Gasteiger charge is -2.19. The van der Waals surface area contributed by atoms with Crippen molar-refractivity contribution in [3.05, 3.63) is 66.7 Å². The number of pyridine rings is 1. The average molecular weight is 470 g/mol. The second-order valence-electron chi connectivity index (χ2n) is 10.5. The summed E-state index contributed by atoms with van der Waals surface area (Å²) in [7, 11) is 1.69. The van der Waals surface area contributed by atoms with Gasteiger partial charge in [-0.25, -0.2) is 4.98 Å². The van der Waals surface area contributed by atoms with E-state index in [4.69, 9.17) is 9.72 Å². The molecule has 0 saturated heterocycles. The maximum atomic E-state index is 5.34. The SMILES string of the molecule is CC1CCCCC1.CCC(C)(C)c1nc(-c2ccc3cc(OC)ccc3c2)c(-c2ccncc2)[nH]1. The number of nitrogens with one attached hydrogen (secondary N) is 1. The number of hydrogen-bond acceptors (Lipinski definition) is 3. The van der Waals surface area contributed by atoms with Crippen molar-refractivity contribution < 1.29 is 4.74 Å². The fourth-order valence-electron chi connectivity index (χ4n) is 4.60. The predicted molar refractivity (Wildman–Crippen MR) is 147 cm³/mol. The molecule has 0 radical (unpaired) electrons. The van der Waals surface area contributed by atoms with Gasteiger partial charge in [0.1, 0.15) is 11.6 Å². The summed E-state index contributed by atoms with van der Waals surface area (Å²) in [6.45, 7) is 8.99. The number of rotatable bonds is 5. The minimum absolute atomic E-state index is 0.0236. The molecule has 0 atom stereocenters. The van der Waals surface area contributed by atoms with Gasteiger partial charge in [0.15, 0.2) is 0 Å². The zero-order chi connectivity index (χ0) is 24.8. The minimum atomic E-state index is -0.0236. The quantitative estimate of drug-likeness (QED) is 0.318. The van der Waals surface area contributed by atoms with Crippen LogP contribution in [0.3, 0.4) is 0 Å². The Balaban J connectivity index is 0.000000356. The summed E-state index contributed by atoms with van der Waals surface area (Å²) in [5.41, 5.74) is 4.17. The fourth-order valence-corrected chi connectivity index (χ4v) is 4.60. The van der Waals surface area contributed by atoms with E-state index in [1.807, 2.05) is 30.6 Å². The van der Waals surface area contributed by atoms with E-state index in [-0.39, 0.29) is 5.41 Å². The molecular weight excluding hydrogens is 430 g/mol. The Labute approximate surface area is 210 Å². The van der Waals surface area contributed by atoms with Gasteiger partial charge >= 0.3 is 0 Å². The normalized spacial score (nSPS) is 14.4. The number of imidazole rings is 1. The van der Waals surface area contributed by atoms with Crippen molar-refractivity contribution in [3.63, 3.8) is 0 Å². The van der Waals surface area contributed by atoms with Crippen molar-refractivity contribution in [3.8, 4) is 28.3 Å². The standard InChI is InChI=1S/C24H25N3O.C7H14/c1-5-24(2,3)23-26-21(16-10-12-25-13-11-16)22(27-23)19-7-6-18-15-20(28-4)9-8-17(18)14-19;1-7-5-3-2-4-6-7/h6-15H,5H2,1-4H3,(H,26,27);7H,2-6H2,1H3. The van der Waals surface area contributed by atoms with Crippen LogP contribution in [0.4, 0.5) is 0 Å². The Kier molecular flexibility index (Phi) is 7.90. The first-order valence-electron chi connectivity index (χ1n) is 13.0. The Hall–Kier alpha value is -3.14. The first-order valence-corrected chi connectivity index (χ1v) is 13.0. The molecule has 2 aromatic heterocycles. The van der Waals surface area contributed by atoms with Crippen molar-refractivity contribution in [1.29, 1.82) is 0 Å². The van der Waals surface area contributed by atoms with E-state index in [9.17, 15) is 0 Å². The van der Waals surface area contributed by atoms with E-state index < -0.39 is 0 Å². The highest BCUT2D eigenvalue weighted by Crippen LogP contribution is 2.36. The molecule has 2 aromatic carbocycles. The molecule has 1 saturated carbocycles. The van der Waals surface area contributed by atoms with Crippen molar-refractivity contribution in [2.75, 3.05) is 7.11 Å². The molecule has 1 N–H and O–H groups in total. The summed E-state index contributed by atoms with van der Waals surface area (Å²) in [6.07, 6.45) is 12.1. The summed E-state index contributed by atoms with van der Waals surface area (Å²) >= 11 is 0. The van der Waals surface area contributed by atoms with Gasteiger partial charge in [0.05, 0.1) is 18.5 Å². The second-order valence-corrected chi connectivity index (χ2v) is 10.5. The van der Waals surface area contributed by atoms with Gasteiger partial charge in [0.25, 0.3) is 0 Å². The molecule has 4 aromatic rings. The maximum absolute atomic E-state index is 5.34. The van der Waals surface area contributed by atoms with Crippen LogP contribution < -0.4 is 4.74 Å². The molecule has 184 valence electrons. The molecule has 1 aliphatic carbocycles. The lowest BCUT2D eigenvalue weighted by Crippen LogP contribution is -2.17. The second kappa shape index (κ2) is 11.1. The van der Waals surface area contributed by atoms with Gasteiger partial charge in [-0.05, 0) is 53.4 Å². The average Bonchev–Trinajstić information content (AvgIpc) is 3.36. The van der Waals surface area contributed by atoms with Crippen LogP contribution in [0.15, 0.2) is 60.9 Å². The zero-order valence-corrected chi connectivity index (χ0v) is 21.9. The molecule has 0 spiro atoms. The third-order valence-corrected chi connectivity index (χ3v) is 7.41. The van der Waals surface area contributed by atoms with Crippen LogP contribution in [0.2, 0.25) is 0 Å². The number of aromatic amines is 1. The van der Waals surface area contributed by atoms with Crippen LogP contribution in [0.5, 0.6) is 5.75 Å². The van der Waals surface area contributed by atoms with Gasteiger partial charge in [0, 0.05) is 28.9 Å². The minimum Gasteiger partial charge on any atom is -0.497 e. The molecule has 0 amide bonds. The number of benzene rings is 2. The number of nitrogens with zero attached hydrogens (tertiary/aromatic N) is 2. The van der Waals surface area contributed by atoms with Crippen LogP contribution in [0, 0.1) is 5.92 Å². The summed E-state index contributed by atoms with van der Waals surface area (Å²) in [4.78, 5) is 12.8. The highest BCUT2D eigenvalue weighted by atomic mass is 16.5. The molecule has 4 nitrogen and oxygen atoms in total. The molecule has 5 rings (SSSR count). The Bertz CT molecular complexity index is 1240. The van der Waals surface area contributed by atoms with E-state index in [0.717, 1.165) is 51.8 Å². The van der Waals surface area contributed by atoms with Crippen LogP contribution in [-0.2, 0) is 5.41 Å². The molecule has 1 aliphatic rings. The molecular formula is C31H39N3O. The van der Waals surface area contributed by atoms with Crippen molar-refractivity contribution in [2.45, 2.75) is 71.6 Å².